The SMILES string of the molecule is O=C(N[C@H](Cc1ccccc1)C(F)(F)F)[C@@H]1CCS(=O)(=O)C1. The Morgan fingerprint density at radius 1 is 1.27 bits per heavy atom. The topological polar surface area (TPSA) is 63.2 Å². The molecule has 4 nitrogen and oxygen atoms in total. The summed E-state index contributed by atoms with van der Waals surface area (Å²) in [6, 6.07) is 6.00. The number of hydrogen-bond acceptors (Lipinski definition) is 3. The van der Waals surface area contributed by atoms with Crippen LogP contribution in [0.2, 0.25) is 0 Å². The molecule has 1 N–H and O–H groups in total. The molecular weight excluding hydrogens is 319 g/mol. The Bertz CT molecular complexity index is 628. The summed E-state index contributed by atoms with van der Waals surface area (Å²) in [7, 11) is -3.31. The fourth-order valence-corrected chi connectivity index (χ4v) is 4.13. The van der Waals surface area contributed by atoms with Gasteiger partial charge in [-0.25, -0.2) is 8.42 Å². The van der Waals surface area contributed by atoms with Crippen LogP contribution in [0.1, 0.15) is 12.0 Å². The molecule has 1 fully saturated rings. The van der Waals surface area contributed by atoms with Crippen LogP contribution in [0.25, 0.3) is 0 Å². The standard InChI is InChI=1S/C14H16F3NO3S/c15-14(16,17)12(8-10-4-2-1-3-5-10)18-13(19)11-6-7-22(20,21)9-11/h1-5,11-12H,6-9H2,(H,18,19)/t11-,12-/m1/s1. The molecule has 0 aromatic heterocycles. The van der Waals surface area contributed by atoms with E-state index < -0.39 is 33.9 Å². The number of sulfone groups is 1. The molecule has 0 bridgehead atoms. The summed E-state index contributed by atoms with van der Waals surface area (Å²) in [4.78, 5) is 11.9. The molecule has 1 aliphatic heterocycles. The van der Waals surface area contributed by atoms with Gasteiger partial charge in [0.2, 0.25) is 5.91 Å². The molecule has 2 rings (SSSR count). The summed E-state index contributed by atoms with van der Waals surface area (Å²) in [5, 5.41) is 1.96. The molecule has 1 aliphatic rings. The highest BCUT2D eigenvalue weighted by atomic mass is 32.2. The Kier molecular flexibility index (Phi) is 4.79. The lowest BCUT2D eigenvalue weighted by atomic mass is 10.0. The maximum atomic E-state index is 13.1. The van der Waals surface area contributed by atoms with E-state index in [0.29, 0.717) is 5.56 Å². The fourth-order valence-electron chi connectivity index (χ4n) is 2.39. The molecule has 2 atom stereocenters. The number of carbonyl (C=O) groups is 1. The Labute approximate surface area is 126 Å². The molecule has 1 amide bonds. The van der Waals surface area contributed by atoms with E-state index in [1.807, 2.05) is 5.32 Å². The van der Waals surface area contributed by atoms with Gasteiger partial charge in [-0.1, -0.05) is 30.3 Å². The van der Waals surface area contributed by atoms with Gasteiger partial charge >= 0.3 is 6.18 Å². The van der Waals surface area contributed by atoms with Crippen LogP contribution in [0.3, 0.4) is 0 Å². The maximum Gasteiger partial charge on any atom is 0.408 e. The van der Waals surface area contributed by atoms with E-state index in [0.717, 1.165) is 0 Å². The van der Waals surface area contributed by atoms with Crippen molar-refractivity contribution in [1.29, 1.82) is 0 Å². The fraction of sp³-hybridized carbons (Fsp3) is 0.500. The van der Waals surface area contributed by atoms with E-state index in [4.69, 9.17) is 0 Å². The minimum absolute atomic E-state index is 0.0735. The van der Waals surface area contributed by atoms with Crippen molar-refractivity contribution >= 4 is 15.7 Å². The highest BCUT2D eigenvalue weighted by Gasteiger charge is 2.42. The van der Waals surface area contributed by atoms with Gasteiger partial charge in [0.15, 0.2) is 9.84 Å². The molecule has 0 saturated carbocycles. The number of halogens is 3. The number of alkyl halides is 3. The predicted octanol–water partition coefficient (Wildman–Crippen LogP) is 1.71. The van der Waals surface area contributed by atoms with Gasteiger partial charge in [0.25, 0.3) is 0 Å². The summed E-state index contributed by atoms with van der Waals surface area (Å²) in [6.07, 6.45) is -4.90. The van der Waals surface area contributed by atoms with Crippen molar-refractivity contribution in [3.63, 3.8) is 0 Å². The van der Waals surface area contributed by atoms with E-state index in [2.05, 4.69) is 0 Å². The molecular formula is C14H16F3NO3S. The zero-order chi connectivity index (χ0) is 16.4. The van der Waals surface area contributed by atoms with E-state index in [9.17, 15) is 26.4 Å². The summed E-state index contributed by atoms with van der Waals surface area (Å²) in [5.74, 6) is -2.28. The third kappa shape index (κ3) is 4.46. The molecule has 1 heterocycles. The first kappa shape index (κ1) is 16.8. The lowest BCUT2D eigenvalue weighted by molar-refractivity contribution is -0.162. The number of rotatable bonds is 4. The highest BCUT2D eigenvalue weighted by Crippen LogP contribution is 2.25. The molecule has 22 heavy (non-hydrogen) atoms. The van der Waals surface area contributed by atoms with E-state index in [-0.39, 0.29) is 24.3 Å². The number of carbonyl (C=O) groups excluding carboxylic acids is 1. The molecule has 0 spiro atoms. The average Bonchev–Trinajstić information content (AvgIpc) is 2.78. The van der Waals surface area contributed by atoms with Crippen LogP contribution in [0.4, 0.5) is 13.2 Å². The summed E-state index contributed by atoms with van der Waals surface area (Å²) in [5.41, 5.74) is 0.448. The Balaban J connectivity index is 2.06. The molecule has 8 heteroatoms. The normalized spacial score (nSPS) is 22.2. The minimum atomic E-state index is -4.59. The van der Waals surface area contributed by atoms with E-state index in [1.165, 1.54) is 0 Å². The zero-order valence-corrected chi connectivity index (χ0v) is 12.5. The molecule has 1 aromatic rings. The van der Waals surface area contributed by atoms with Crippen LogP contribution < -0.4 is 5.32 Å². The van der Waals surface area contributed by atoms with Gasteiger partial charge in [-0.05, 0) is 12.0 Å². The first-order valence-electron chi connectivity index (χ1n) is 6.79. The maximum absolute atomic E-state index is 13.1. The summed E-state index contributed by atoms with van der Waals surface area (Å²) in [6.45, 7) is 0. The largest absolute Gasteiger partial charge is 0.408 e. The molecule has 1 saturated heterocycles. The van der Waals surface area contributed by atoms with Gasteiger partial charge in [-0.15, -0.1) is 0 Å². The molecule has 0 unspecified atom stereocenters. The summed E-state index contributed by atoms with van der Waals surface area (Å²) >= 11 is 0. The third-order valence-corrected chi connectivity index (χ3v) is 5.37. The Morgan fingerprint density at radius 3 is 2.41 bits per heavy atom. The number of nitrogens with one attached hydrogen (secondary N) is 1. The van der Waals surface area contributed by atoms with Gasteiger partial charge < -0.3 is 5.32 Å². The van der Waals surface area contributed by atoms with Crippen molar-refractivity contribution in [1.82, 2.24) is 5.32 Å². The van der Waals surface area contributed by atoms with Gasteiger partial charge in [-0.2, -0.15) is 13.2 Å². The number of amides is 1. The first-order chi connectivity index (χ1) is 10.2. The lowest BCUT2D eigenvalue weighted by Gasteiger charge is -2.23. The van der Waals surface area contributed by atoms with E-state index >= 15 is 0 Å². The van der Waals surface area contributed by atoms with Crippen molar-refractivity contribution in [3.8, 4) is 0 Å². The van der Waals surface area contributed by atoms with Crippen molar-refractivity contribution in [2.45, 2.75) is 25.1 Å². The average molecular weight is 335 g/mol. The third-order valence-electron chi connectivity index (χ3n) is 3.60. The second-order valence-corrected chi connectivity index (χ2v) is 7.62. The lowest BCUT2D eigenvalue weighted by Crippen LogP contribution is -2.49. The zero-order valence-electron chi connectivity index (χ0n) is 11.6. The van der Waals surface area contributed by atoms with Gasteiger partial charge in [0, 0.05) is 6.42 Å². The van der Waals surface area contributed by atoms with Crippen LogP contribution in [-0.4, -0.2) is 38.0 Å². The van der Waals surface area contributed by atoms with E-state index in [1.54, 1.807) is 30.3 Å². The molecule has 122 valence electrons. The van der Waals surface area contributed by atoms with Crippen molar-refractivity contribution in [2.75, 3.05) is 11.5 Å². The number of benzene rings is 1. The van der Waals surface area contributed by atoms with Crippen LogP contribution in [-0.2, 0) is 21.1 Å². The molecule has 0 radical (unpaired) electrons. The Hall–Kier alpha value is -1.57. The van der Waals surface area contributed by atoms with Crippen molar-refractivity contribution in [2.24, 2.45) is 5.92 Å². The molecule has 1 aromatic carbocycles. The minimum Gasteiger partial charge on any atom is -0.344 e. The predicted molar refractivity (Wildman–Crippen MR) is 74.9 cm³/mol. The van der Waals surface area contributed by atoms with Gasteiger partial charge in [0.1, 0.15) is 6.04 Å². The Morgan fingerprint density at radius 2 is 1.91 bits per heavy atom. The molecule has 0 aliphatic carbocycles. The number of hydrogen-bond donors (Lipinski definition) is 1. The van der Waals surface area contributed by atoms with Crippen LogP contribution in [0.5, 0.6) is 0 Å². The van der Waals surface area contributed by atoms with Crippen LogP contribution in [0.15, 0.2) is 30.3 Å². The van der Waals surface area contributed by atoms with Crippen molar-refractivity contribution in [3.05, 3.63) is 35.9 Å². The van der Waals surface area contributed by atoms with Crippen LogP contribution >= 0.6 is 0 Å². The quantitative estimate of drug-likeness (QED) is 0.911. The first-order valence-corrected chi connectivity index (χ1v) is 8.61. The summed E-state index contributed by atoms with van der Waals surface area (Å²) < 4.78 is 61.9. The van der Waals surface area contributed by atoms with Crippen molar-refractivity contribution < 1.29 is 26.4 Å². The second kappa shape index (κ2) is 6.28. The smallest absolute Gasteiger partial charge is 0.344 e. The second-order valence-electron chi connectivity index (χ2n) is 5.39. The van der Waals surface area contributed by atoms with Gasteiger partial charge in [0.05, 0.1) is 17.4 Å². The highest BCUT2D eigenvalue weighted by molar-refractivity contribution is 7.91. The monoisotopic (exact) mass is 335 g/mol. The van der Waals surface area contributed by atoms with Gasteiger partial charge in [-0.3, -0.25) is 4.79 Å². The van der Waals surface area contributed by atoms with Crippen LogP contribution in [0, 0.1) is 5.92 Å².